The summed E-state index contributed by atoms with van der Waals surface area (Å²) >= 11 is 0. The smallest absolute Gasteiger partial charge is 0.255 e. The molecule has 5 nitrogen and oxygen atoms in total. The van der Waals surface area contributed by atoms with Crippen molar-refractivity contribution in [1.29, 1.82) is 0 Å². The van der Waals surface area contributed by atoms with Crippen molar-refractivity contribution in [3.8, 4) is 0 Å². The van der Waals surface area contributed by atoms with Gasteiger partial charge in [-0.3, -0.25) is 9.59 Å². The molecule has 162 valence electrons. The Hall–Kier alpha value is -2.89. The second-order valence-electron chi connectivity index (χ2n) is 9.58. The van der Waals surface area contributed by atoms with Crippen LogP contribution in [0.25, 0.3) is 0 Å². The normalized spacial score (nSPS) is 31.0. The van der Waals surface area contributed by atoms with Crippen LogP contribution in [0.2, 0.25) is 0 Å². The van der Waals surface area contributed by atoms with Crippen LogP contribution in [0.1, 0.15) is 48.5 Å². The first-order valence-corrected chi connectivity index (χ1v) is 11.1. The van der Waals surface area contributed by atoms with E-state index in [1.54, 1.807) is 12.1 Å². The predicted molar refractivity (Wildman–Crippen MR) is 117 cm³/mol. The molecule has 4 atom stereocenters. The summed E-state index contributed by atoms with van der Waals surface area (Å²) < 4.78 is 13.8. The van der Waals surface area contributed by atoms with Crippen molar-refractivity contribution in [2.45, 2.75) is 44.7 Å². The number of hydrogen-bond donors (Lipinski definition) is 3. The SMILES string of the molecule is C[C@@]12CC[C@@H](C[C@H]1C(=O)NCCc1ccccc1F)[C@]1(C2)NC(=O)c2ccccc2N1. The van der Waals surface area contributed by atoms with Crippen LogP contribution in [0, 0.1) is 23.1 Å². The molecule has 3 aliphatic carbocycles. The molecule has 0 aromatic heterocycles. The van der Waals surface area contributed by atoms with Gasteiger partial charge in [0, 0.05) is 24.1 Å². The molecule has 2 aromatic carbocycles. The lowest BCUT2D eigenvalue weighted by Gasteiger charge is -2.60. The molecule has 2 bridgehead atoms. The Kier molecular flexibility index (Phi) is 4.76. The van der Waals surface area contributed by atoms with Gasteiger partial charge in [0.1, 0.15) is 11.5 Å². The van der Waals surface area contributed by atoms with Crippen molar-refractivity contribution in [1.82, 2.24) is 10.6 Å². The van der Waals surface area contributed by atoms with Crippen molar-refractivity contribution in [2.75, 3.05) is 11.9 Å². The zero-order valence-electron chi connectivity index (χ0n) is 17.7. The van der Waals surface area contributed by atoms with Crippen LogP contribution in [0.3, 0.4) is 0 Å². The highest BCUT2D eigenvalue weighted by Gasteiger charge is 2.60. The summed E-state index contributed by atoms with van der Waals surface area (Å²) in [5, 5.41) is 9.92. The Morgan fingerprint density at radius 3 is 2.74 bits per heavy atom. The lowest BCUT2D eigenvalue weighted by atomic mass is 9.51. The van der Waals surface area contributed by atoms with Gasteiger partial charge >= 0.3 is 0 Å². The van der Waals surface area contributed by atoms with E-state index in [1.807, 2.05) is 30.3 Å². The van der Waals surface area contributed by atoms with Crippen molar-refractivity contribution >= 4 is 17.5 Å². The van der Waals surface area contributed by atoms with Gasteiger partial charge in [-0.25, -0.2) is 4.39 Å². The maximum absolute atomic E-state index is 13.8. The first kappa shape index (κ1) is 20.0. The number of anilines is 1. The maximum atomic E-state index is 13.8. The Balaban J connectivity index is 1.29. The van der Waals surface area contributed by atoms with Gasteiger partial charge in [0.25, 0.3) is 5.91 Å². The lowest BCUT2D eigenvalue weighted by molar-refractivity contribution is -0.139. The second kappa shape index (κ2) is 7.36. The summed E-state index contributed by atoms with van der Waals surface area (Å²) in [6.07, 6.45) is 3.87. The quantitative estimate of drug-likeness (QED) is 0.702. The van der Waals surface area contributed by atoms with E-state index in [9.17, 15) is 14.0 Å². The molecule has 0 saturated heterocycles. The summed E-state index contributed by atoms with van der Waals surface area (Å²) in [4.78, 5) is 25.9. The molecular formula is C25H28FN3O2. The third-order valence-electron chi connectivity index (χ3n) is 7.64. The molecule has 1 aliphatic heterocycles. The topological polar surface area (TPSA) is 70.2 Å². The highest BCUT2D eigenvalue weighted by molar-refractivity contribution is 6.02. The fourth-order valence-corrected chi connectivity index (χ4v) is 6.00. The first-order chi connectivity index (χ1) is 14.9. The lowest BCUT2D eigenvalue weighted by Crippen LogP contribution is -2.70. The molecule has 4 aliphatic rings. The van der Waals surface area contributed by atoms with E-state index in [1.165, 1.54) is 6.07 Å². The van der Waals surface area contributed by atoms with Gasteiger partial charge in [-0.1, -0.05) is 37.3 Å². The third-order valence-corrected chi connectivity index (χ3v) is 7.64. The van der Waals surface area contributed by atoms with Crippen LogP contribution in [0.15, 0.2) is 48.5 Å². The molecule has 6 heteroatoms. The highest BCUT2D eigenvalue weighted by Crippen LogP contribution is 2.58. The molecule has 2 aromatic rings. The number of nitrogens with one attached hydrogen (secondary N) is 3. The van der Waals surface area contributed by atoms with Crippen LogP contribution in [0.5, 0.6) is 0 Å². The fraction of sp³-hybridized carbons (Fsp3) is 0.440. The molecule has 0 unspecified atom stereocenters. The van der Waals surface area contributed by atoms with E-state index in [0.717, 1.165) is 31.4 Å². The molecule has 1 heterocycles. The Labute approximate surface area is 181 Å². The Bertz CT molecular complexity index is 1040. The molecular weight excluding hydrogens is 393 g/mol. The standard InChI is InChI=1S/C25H28FN3O2/c1-24-12-10-17(25(15-24)28-21-9-5-3-7-18(21)22(30)29-25)14-19(24)23(31)27-13-11-16-6-2-4-8-20(16)26/h2-9,17,19,28H,10-15H2,1H3,(H,27,31)(H,29,30)/t17-,19-,24-,25-/m0/s1. The van der Waals surface area contributed by atoms with Crippen molar-refractivity contribution < 1.29 is 14.0 Å². The summed E-state index contributed by atoms with van der Waals surface area (Å²) in [5.41, 5.74) is 1.45. The molecule has 31 heavy (non-hydrogen) atoms. The van der Waals surface area contributed by atoms with E-state index in [-0.39, 0.29) is 34.9 Å². The fourth-order valence-electron chi connectivity index (χ4n) is 6.00. The third kappa shape index (κ3) is 3.38. The minimum Gasteiger partial charge on any atom is -0.362 e. The molecule has 6 rings (SSSR count). The van der Waals surface area contributed by atoms with E-state index >= 15 is 0 Å². The summed E-state index contributed by atoms with van der Waals surface area (Å²) in [5.74, 6) is -0.151. The number of carbonyl (C=O) groups is 2. The van der Waals surface area contributed by atoms with Crippen LogP contribution >= 0.6 is 0 Å². The van der Waals surface area contributed by atoms with E-state index in [4.69, 9.17) is 0 Å². The largest absolute Gasteiger partial charge is 0.362 e. The van der Waals surface area contributed by atoms with E-state index < -0.39 is 5.66 Å². The minimum absolute atomic E-state index is 0.0425. The molecule has 3 fully saturated rings. The Morgan fingerprint density at radius 1 is 1.16 bits per heavy atom. The van der Waals surface area contributed by atoms with Gasteiger partial charge in [-0.15, -0.1) is 0 Å². The number of halogens is 1. The number of amides is 2. The highest BCUT2D eigenvalue weighted by atomic mass is 19.1. The van der Waals surface area contributed by atoms with Gasteiger partial charge in [0.2, 0.25) is 5.91 Å². The van der Waals surface area contributed by atoms with Crippen LogP contribution in [-0.4, -0.2) is 24.0 Å². The number of fused-ring (bicyclic) bond motifs is 3. The monoisotopic (exact) mass is 421 g/mol. The van der Waals surface area contributed by atoms with Gasteiger partial charge < -0.3 is 16.0 Å². The first-order valence-electron chi connectivity index (χ1n) is 11.1. The van der Waals surface area contributed by atoms with E-state index in [2.05, 4.69) is 22.9 Å². The zero-order valence-corrected chi connectivity index (χ0v) is 17.7. The summed E-state index contributed by atoms with van der Waals surface area (Å²) in [7, 11) is 0. The second-order valence-corrected chi connectivity index (χ2v) is 9.58. The predicted octanol–water partition coefficient (Wildman–Crippen LogP) is 3.86. The minimum atomic E-state index is -0.498. The van der Waals surface area contributed by atoms with Gasteiger partial charge in [0.05, 0.1) is 5.56 Å². The molecule has 0 radical (unpaired) electrons. The van der Waals surface area contributed by atoms with E-state index in [0.29, 0.717) is 24.1 Å². The average Bonchev–Trinajstić information content (AvgIpc) is 2.74. The van der Waals surface area contributed by atoms with Crippen molar-refractivity contribution in [3.63, 3.8) is 0 Å². The van der Waals surface area contributed by atoms with Crippen molar-refractivity contribution in [3.05, 3.63) is 65.5 Å². The number of benzene rings is 2. The number of carbonyl (C=O) groups excluding carboxylic acids is 2. The molecule has 3 N–H and O–H groups in total. The number of hydrogen-bond acceptors (Lipinski definition) is 3. The number of rotatable bonds is 4. The zero-order chi connectivity index (χ0) is 21.6. The van der Waals surface area contributed by atoms with Crippen LogP contribution in [0.4, 0.5) is 10.1 Å². The van der Waals surface area contributed by atoms with Crippen LogP contribution < -0.4 is 16.0 Å². The molecule has 2 amide bonds. The number of para-hydroxylation sites is 1. The maximum Gasteiger partial charge on any atom is 0.255 e. The molecule has 3 saturated carbocycles. The van der Waals surface area contributed by atoms with Gasteiger partial charge in [0.15, 0.2) is 0 Å². The Morgan fingerprint density at radius 2 is 1.94 bits per heavy atom. The molecule has 1 spiro atoms. The van der Waals surface area contributed by atoms with Crippen molar-refractivity contribution in [2.24, 2.45) is 17.3 Å². The van der Waals surface area contributed by atoms with Gasteiger partial charge in [-0.2, -0.15) is 0 Å². The summed E-state index contributed by atoms with van der Waals surface area (Å²) in [6.45, 7) is 2.59. The average molecular weight is 422 g/mol. The van der Waals surface area contributed by atoms with Gasteiger partial charge in [-0.05, 0) is 61.3 Å². The summed E-state index contributed by atoms with van der Waals surface area (Å²) in [6, 6.07) is 14.3. The van der Waals surface area contributed by atoms with Crippen LogP contribution in [-0.2, 0) is 11.2 Å².